The number of halogens is 2. The molecule has 3 aromatic rings. The summed E-state index contributed by atoms with van der Waals surface area (Å²) in [6.07, 6.45) is 1.23. The van der Waals surface area contributed by atoms with Crippen molar-refractivity contribution >= 4 is 34.2 Å². The van der Waals surface area contributed by atoms with Gasteiger partial charge in [-0.1, -0.05) is 35.3 Å². The first kappa shape index (κ1) is 13.0. The molecular formula is C14H8Cl2N2O2. The van der Waals surface area contributed by atoms with E-state index in [0.29, 0.717) is 24.8 Å². The van der Waals surface area contributed by atoms with Crippen molar-refractivity contribution in [3.05, 3.63) is 68.8 Å². The Morgan fingerprint density at radius 2 is 1.65 bits per heavy atom. The van der Waals surface area contributed by atoms with Crippen LogP contribution in [0.25, 0.3) is 22.3 Å². The topological polar surface area (TPSA) is 51.0 Å². The molecule has 0 spiro atoms. The Labute approximate surface area is 124 Å². The highest BCUT2D eigenvalue weighted by Gasteiger charge is 2.13. The van der Waals surface area contributed by atoms with Crippen molar-refractivity contribution < 1.29 is 4.43 Å². The summed E-state index contributed by atoms with van der Waals surface area (Å²) in [5.41, 5.74) is 1.36. The molecule has 100 valence electrons. The van der Waals surface area contributed by atoms with Crippen molar-refractivity contribution in [3.63, 3.8) is 0 Å². The Bertz CT molecular complexity index is 857. The molecule has 0 saturated carbocycles. The fraction of sp³-hybridized carbons (Fsp3) is 0. The van der Waals surface area contributed by atoms with E-state index in [9.17, 15) is 10.1 Å². The number of rotatable bonds is 1. The van der Waals surface area contributed by atoms with E-state index in [1.165, 1.54) is 18.3 Å². The van der Waals surface area contributed by atoms with Crippen LogP contribution in [0.15, 0.2) is 48.7 Å². The summed E-state index contributed by atoms with van der Waals surface area (Å²) in [7, 11) is 0. The molecule has 0 aliphatic heterocycles. The zero-order chi connectivity index (χ0) is 14.3. The number of benzene rings is 2. The highest BCUT2D eigenvalue weighted by atomic mass is 35.5. The van der Waals surface area contributed by atoms with Crippen LogP contribution in [0.2, 0.25) is 10.0 Å². The molecule has 3 rings (SSSR count). The number of nitrogens with zero attached hydrogens (tertiary/aromatic N) is 2. The minimum absolute atomic E-state index is 0.227. The maximum atomic E-state index is 12.4. The Kier molecular flexibility index (Phi) is 3.12. The van der Waals surface area contributed by atoms with Crippen LogP contribution in [-0.4, -0.2) is 4.73 Å². The lowest BCUT2D eigenvalue weighted by molar-refractivity contribution is -0.463. The van der Waals surface area contributed by atoms with Gasteiger partial charge in [-0.2, -0.15) is 0 Å². The van der Waals surface area contributed by atoms with Crippen molar-refractivity contribution in [3.8, 4) is 11.3 Å². The van der Waals surface area contributed by atoms with Gasteiger partial charge >= 0.3 is 0 Å². The fourth-order valence-electron chi connectivity index (χ4n) is 2.02. The third kappa shape index (κ3) is 2.13. The molecule has 1 heterocycles. The van der Waals surface area contributed by atoms with Crippen LogP contribution in [0.3, 0.4) is 0 Å². The first-order chi connectivity index (χ1) is 9.56. The summed E-state index contributed by atoms with van der Waals surface area (Å²) in [6, 6.07) is 11.3. The van der Waals surface area contributed by atoms with Gasteiger partial charge in [0.15, 0.2) is 0 Å². The van der Waals surface area contributed by atoms with Gasteiger partial charge in [0.25, 0.3) is 11.7 Å². The second kappa shape index (κ2) is 4.81. The van der Waals surface area contributed by atoms with Crippen LogP contribution in [0.5, 0.6) is 0 Å². The highest BCUT2D eigenvalue weighted by Crippen LogP contribution is 2.24. The number of hydrogen-bond acceptors (Lipinski definition) is 2. The quantitative estimate of drug-likeness (QED) is 0.641. The van der Waals surface area contributed by atoms with E-state index >= 15 is 0 Å². The third-order valence-electron chi connectivity index (χ3n) is 2.99. The zero-order valence-corrected chi connectivity index (χ0v) is 11.6. The summed E-state index contributed by atoms with van der Waals surface area (Å²) < 4.78 is 1.35. The smallest absolute Gasteiger partial charge is 0.287 e. The van der Waals surface area contributed by atoms with E-state index in [1.807, 2.05) is 0 Å². The molecular weight excluding hydrogens is 299 g/mol. The highest BCUT2D eigenvalue weighted by molar-refractivity contribution is 6.31. The normalized spacial score (nSPS) is 10.9. The minimum atomic E-state index is 0.227. The molecule has 0 amide bonds. The molecule has 20 heavy (non-hydrogen) atoms. The van der Waals surface area contributed by atoms with Gasteiger partial charge in [-0.05, 0) is 24.3 Å². The summed E-state index contributed by atoms with van der Waals surface area (Å²) in [5.74, 6) is 0. The van der Waals surface area contributed by atoms with E-state index in [1.54, 1.807) is 30.3 Å². The average Bonchev–Trinajstić information content (AvgIpc) is 2.44. The zero-order valence-electron chi connectivity index (χ0n) is 10.1. The second-order valence-corrected chi connectivity index (χ2v) is 5.15. The van der Waals surface area contributed by atoms with Gasteiger partial charge < -0.3 is 9.94 Å². The number of aromatic nitrogens is 2. The monoisotopic (exact) mass is 306 g/mol. The van der Waals surface area contributed by atoms with Gasteiger partial charge in [-0.15, -0.1) is 0 Å². The predicted octanol–water partition coefficient (Wildman–Crippen LogP) is 3.88. The fourth-order valence-corrected chi connectivity index (χ4v) is 2.31. The van der Waals surface area contributed by atoms with E-state index in [-0.39, 0.29) is 16.7 Å². The van der Waals surface area contributed by atoms with Crippen molar-refractivity contribution in [1.82, 2.24) is 4.73 Å². The standard InChI is InChI=1S/C14H8Cl2N2O2/c15-10-3-1-9(2-4-10)14-8-17(19)13-7-11(16)5-6-12(13)18(14)20/h1-8H. The molecule has 0 atom stereocenters. The Morgan fingerprint density at radius 3 is 2.35 bits per heavy atom. The van der Waals surface area contributed by atoms with Gasteiger partial charge in [-0.25, -0.2) is 0 Å². The molecule has 0 unspecified atom stereocenters. The predicted molar refractivity (Wildman–Crippen MR) is 79.5 cm³/mol. The summed E-state index contributed by atoms with van der Waals surface area (Å²) in [5, 5.41) is 13.3. The minimum Gasteiger partial charge on any atom is -0.805 e. The Hall–Kier alpha value is -2.04. The van der Waals surface area contributed by atoms with Crippen LogP contribution < -0.4 is 4.43 Å². The van der Waals surface area contributed by atoms with Crippen LogP contribution in [0.4, 0.5) is 0 Å². The molecule has 0 radical (unpaired) electrons. The van der Waals surface area contributed by atoms with Gasteiger partial charge in [0.05, 0.1) is 4.43 Å². The lowest BCUT2D eigenvalue weighted by atomic mass is 10.1. The summed E-state index contributed by atoms with van der Waals surface area (Å²) in [6.45, 7) is 0. The van der Waals surface area contributed by atoms with Crippen LogP contribution in [0, 0.1) is 10.1 Å². The lowest BCUT2D eigenvalue weighted by Crippen LogP contribution is -2.18. The van der Waals surface area contributed by atoms with E-state index in [0.717, 1.165) is 0 Å². The number of fused-ring (bicyclic) bond motifs is 1. The molecule has 4 nitrogen and oxygen atoms in total. The molecule has 0 aliphatic rings. The molecule has 6 heteroatoms. The number of hydrogen-bond donors (Lipinski definition) is 0. The molecule has 0 aliphatic carbocycles. The summed E-state index contributed by atoms with van der Waals surface area (Å²) >= 11 is 11.7. The Balaban J connectivity index is 2.33. The first-order valence-corrected chi connectivity index (χ1v) is 6.53. The van der Waals surface area contributed by atoms with Crippen molar-refractivity contribution in [2.45, 2.75) is 0 Å². The third-order valence-corrected chi connectivity index (χ3v) is 3.48. The molecule has 2 aromatic carbocycles. The van der Waals surface area contributed by atoms with E-state index < -0.39 is 0 Å². The van der Waals surface area contributed by atoms with Gasteiger partial charge in [0.1, 0.15) is 11.2 Å². The van der Waals surface area contributed by atoms with Crippen molar-refractivity contribution in [2.75, 3.05) is 0 Å². The maximum Gasteiger partial charge on any atom is 0.287 e. The lowest BCUT2D eigenvalue weighted by Gasteiger charge is -2.16. The van der Waals surface area contributed by atoms with E-state index in [2.05, 4.69) is 0 Å². The first-order valence-electron chi connectivity index (χ1n) is 5.77. The summed E-state index contributed by atoms with van der Waals surface area (Å²) in [4.78, 5) is 12.0. The van der Waals surface area contributed by atoms with Crippen LogP contribution in [-0.2, 0) is 0 Å². The Morgan fingerprint density at radius 1 is 1.00 bits per heavy atom. The molecule has 0 saturated heterocycles. The molecule has 1 aromatic heterocycles. The van der Waals surface area contributed by atoms with Gasteiger partial charge in [0, 0.05) is 26.6 Å². The van der Waals surface area contributed by atoms with E-state index in [4.69, 9.17) is 23.2 Å². The van der Waals surface area contributed by atoms with Crippen LogP contribution >= 0.6 is 23.2 Å². The van der Waals surface area contributed by atoms with Gasteiger partial charge in [-0.3, -0.25) is 0 Å². The molecule has 0 bridgehead atoms. The molecule has 0 fully saturated rings. The molecule has 0 N–H and O–H groups in total. The van der Waals surface area contributed by atoms with Crippen molar-refractivity contribution in [1.29, 1.82) is 0 Å². The maximum absolute atomic E-state index is 12.4. The largest absolute Gasteiger partial charge is 0.805 e. The SMILES string of the molecule is O=[n+]1cc(-c2ccc(Cl)cc2)n([O-])c2ccc(Cl)cc21. The van der Waals surface area contributed by atoms with Crippen LogP contribution in [0.1, 0.15) is 0 Å². The van der Waals surface area contributed by atoms with Crippen molar-refractivity contribution in [2.24, 2.45) is 0 Å². The van der Waals surface area contributed by atoms with Gasteiger partial charge in [0.2, 0.25) is 0 Å². The second-order valence-electron chi connectivity index (χ2n) is 4.27. The average molecular weight is 307 g/mol.